The average Bonchev–Trinajstić information content (AvgIpc) is 2.30. The molecular weight excluding hydrogens is 181 g/mol. The van der Waals surface area contributed by atoms with Crippen LogP contribution in [0.25, 0.3) is 0 Å². The van der Waals surface area contributed by atoms with Crippen LogP contribution in [0.3, 0.4) is 0 Å². The third-order valence-electron chi connectivity index (χ3n) is 1.83. The fourth-order valence-electron chi connectivity index (χ4n) is 1.28. The smallest absolute Gasteiger partial charge is 0.110 e. The first-order valence-corrected chi connectivity index (χ1v) is 4.29. The Kier molecular flexibility index (Phi) is 1.80. The number of hydrogen-bond donors (Lipinski definition) is 1. The summed E-state index contributed by atoms with van der Waals surface area (Å²) in [5.41, 5.74) is 1.92. The Morgan fingerprint density at radius 3 is 1.91 bits per heavy atom. The van der Waals surface area contributed by atoms with Gasteiger partial charge in [-0.15, -0.1) is 23.2 Å². The van der Waals surface area contributed by atoms with Crippen LogP contribution in [0.2, 0.25) is 0 Å². The third kappa shape index (κ3) is 1.13. The van der Waals surface area contributed by atoms with E-state index in [9.17, 15) is 0 Å². The number of alkyl halides is 2. The molecule has 0 saturated carbocycles. The van der Waals surface area contributed by atoms with E-state index in [2.05, 4.69) is 5.32 Å². The lowest BCUT2D eigenvalue weighted by molar-refractivity contribution is 0.716. The van der Waals surface area contributed by atoms with Crippen molar-refractivity contribution in [3.8, 4) is 0 Å². The van der Waals surface area contributed by atoms with Crippen LogP contribution < -0.4 is 5.32 Å². The first-order chi connectivity index (χ1) is 5.29. The SMILES string of the molecule is ClC1NC(Cl)c2ccccc21. The molecule has 0 aliphatic carbocycles. The van der Waals surface area contributed by atoms with Crippen molar-refractivity contribution < 1.29 is 0 Å². The van der Waals surface area contributed by atoms with E-state index in [1.54, 1.807) is 0 Å². The van der Waals surface area contributed by atoms with Crippen molar-refractivity contribution in [2.45, 2.75) is 11.0 Å². The quantitative estimate of drug-likeness (QED) is 0.487. The predicted octanol–water partition coefficient (Wildman–Crippen LogP) is 2.76. The number of fused-ring (bicyclic) bond motifs is 1. The number of benzene rings is 1. The van der Waals surface area contributed by atoms with Crippen LogP contribution in [0.4, 0.5) is 0 Å². The van der Waals surface area contributed by atoms with E-state index in [-0.39, 0.29) is 11.0 Å². The van der Waals surface area contributed by atoms with Crippen molar-refractivity contribution in [1.29, 1.82) is 0 Å². The van der Waals surface area contributed by atoms with Crippen molar-refractivity contribution >= 4 is 23.2 Å². The average molecular weight is 188 g/mol. The standard InChI is InChI=1S/C8H7Cl2N/c9-7-5-3-1-2-4-6(5)8(10)11-7/h1-4,7-8,11H. The van der Waals surface area contributed by atoms with Crippen molar-refractivity contribution in [3.63, 3.8) is 0 Å². The molecule has 1 aliphatic rings. The van der Waals surface area contributed by atoms with Gasteiger partial charge in [0, 0.05) is 0 Å². The molecule has 2 unspecified atom stereocenters. The van der Waals surface area contributed by atoms with Crippen LogP contribution >= 0.6 is 23.2 Å². The molecule has 1 aromatic rings. The van der Waals surface area contributed by atoms with E-state index in [0.717, 1.165) is 11.1 Å². The minimum atomic E-state index is -0.131. The Bertz CT molecular complexity index is 248. The molecule has 58 valence electrons. The van der Waals surface area contributed by atoms with Gasteiger partial charge in [-0.1, -0.05) is 24.3 Å². The van der Waals surface area contributed by atoms with Gasteiger partial charge < -0.3 is 0 Å². The van der Waals surface area contributed by atoms with Gasteiger partial charge in [0.25, 0.3) is 0 Å². The van der Waals surface area contributed by atoms with E-state index in [1.165, 1.54) is 0 Å². The van der Waals surface area contributed by atoms with Gasteiger partial charge in [-0.2, -0.15) is 0 Å². The second-order valence-corrected chi connectivity index (χ2v) is 3.39. The van der Waals surface area contributed by atoms with E-state index >= 15 is 0 Å². The predicted molar refractivity (Wildman–Crippen MR) is 46.8 cm³/mol. The van der Waals surface area contributed by atoms with Crippen molar-refractivity contribution in [2.24, 2.45) is 0 Å². The summed E-state index contributed by atoms with van der Waals surface area (Å²) in [5.74, 6) is 0. The Labute approximate surface area is 75.3 Å². The molecule has 11 heavy (non-hydrogen) atoms. The summed E-state index contributed by atoms with van der Waals surface area (Å²) >= 11 is 11.9. The molecule has 0 spiro atoms. The van der Waals surface area contributed by atoms with Gasteiger partial charge in [0.05, 0.1) is 0 Å². The highest BCUT2D eigenvalue weighted by Crippen LogP contribution is 2.36. The minimum absolute atomic E-state index is 0.131. The number of halogens is 2. The molecule has 0 fully saturated rings. The zero-order valence-electron chi connectivity index (χ0n) is 5.72. The van der Waals surface area contributed by atoms with Crippen LogP contribution in [0.15, 0.2) is 24.3 Å². The summed E-state index contributed by atoms with van der Waals surface area (Å²) in [7, 11) is 0. The van der Waals surface area contributed by atoms with Gasteiger partial charge >= 0.3 is 0 Å². The summed E-state index contributed by atoms with van der Waals surface area (Å²) in [6, 6.07) is 7.90. The van der Waals surface area contributed by atoms with Crippen LogP contribution in [0.5, 0.6) is 0 Å². The molecule has 2 atom stereocenters. The van der Waals surface area contributed by atoms with E-state index in [4.69, 9.17) is 23.2 Å². The number of hydrogen-bond acceptors (Lipinski definition) is 1. The van der Waals surface area contributed by atoms with Crippen LogP contribution in [-0.2, 0) is 0 Å². The molecule has 0 radical (unpaired) electrons. The van der Waals surface area contributed by atoms with Gasteiger partial charge in [-0.3, -0.25) is 5.32 Å². The lowest BCUT2D eigenvalue weighted by atomic mass is 10.1. The van der Waals surface area contributed by atoms with Gasteiger partial charge in [-0.05, 0) is 11.1 Å². The highest BCUT2D eigenvalue weighted by atomic mass is 35.5. The summed E-state index contributed by atoms with van der Waals surface area (Å²) in [6.07, 6.45) is 0. The highest BCUT2D eigenvalue weighted by molar-refractivity contribution is 6.25. The normalized spacial score (nSPS) is 28.5. The van der Waals surface area contributed by atoms with Crippen molar-refractivity contribution in [2.75, 3.05) is 0 Å². The molecule has 1 heterocycles. The topological polar surface area (TPSA) is 12.0 Å². The molecular formula is C8H7Cl2N. The molecule has 1 N–H and O–H groups in total. The molecule has 0 bridgehead atoms. The number of nitrogens with one attached hydrogen (secondary N) is 1. The first-order valence-electron chi connectivity index (χ1n) is 3.42. The number of rotatable bonds is 0. The largest absolute Gasteiger partial charge is 0.278 e. The van der Waals surface area contributed by atoms with Crippen molar-refractivity contribution in [3.05, 3.63) is 35.4 Å². The Balaban J connectivity index is 2.52. The maximum absolute atomic E-state index is 5.94. The lowest BCUT2D eigenvalue weighted by Crippen LogP contribution is -2.08. The Morgan fingerprint density at radius 1 is 1.00 bits per heavy atom. The molecule has 0 saturated heterocycles. The van der Waals surface area contributed by atoms with E-state index < -0.39 is 0 Å². The van der Waals surface area contributed by atoms with Crippen LogP contribution in [0.1, 0.15) is 22.1 Å². The summed E-state index contributed by atoms with van der Waals surface area (Å²) in [4.78, 5) is 0. The van der Waals surface area contributed by atoms with Gasteiger partial charge in [0.15, 0.2) is 0 Å². The fraction of sp³-hybridized carbons (Fsp3) is 0.250. The monoisotopic (exact) mass is 187 g/mol. The first kappa shape index (κ1) is 7.41. The van der Waals surface area contributed by atoms with Crippen LogP contribution in [-0.4, -0.2) is 0 Å². The van der Waals surface area contributed by atoms with Gasteiger partial charge in [-0.25, -0.2) is 0 Å². The molecule has 3 heteroatoms. The van der Waals surface area contributed by atoms with E-state index in [0.29, 0.717) is 0 Å². The molecule has 1 aliphatic heterocycles. The summed E-state index contributed by atoms with van der Waals surface area (Å²) in [6.45, 7) is 0. The van der Waals surface area contributed by atoms with Gasteiger partial charge in [0.2, 0.25) is 0 Å². The lowest BCUT2D eigenvalue weighted by Gasteiger charge is -2.00. The summed E-state index contributed by atoms with van der Waals surface area (Å²) in [5, 5.41) is 3.01. The van der Waals surface area contributed by atoms with Crippen LogP contribution in [0, 0.1) is 0 Å². The second-order valence-electron chi connectivity index (χ2n) is 2.52. The molecule has 2 rings (SSSR count). The molecule has 0 aromatic heterocycles. The molecule has 1 nitrogen and oxygen atoms in total. The maximum atomic E-state index is 5.94. The highest BCUT2D eigenvalue weighted by Gasteiger charge is 2.25. The summed E-state index contributed by atoms with van der Waals surface area (Å²) < 4.78 is 0. The zero-order valence-corrected chi connectivity index (χ0v) is 7.23. The fourth-order valence-corrected chi connectivity index (χ4v) is 1.99. The van der Waals surface area contributed by atoms with Crippen molar-refractivity contribution in [1.82, 2.24) is 5.32 Å². The minimum Gasteiger partial charge on any atom is -0.278 e. The third-order valence-corrected chi connectivity index (χ3v) is 2.56. The molecule has 1 aromatic carbocycles. The molecule has 0 amide bonds. The Morgan fingerprint density at radius 2 is 1.45 bits per heavy atom. The second kappa shape index (κ2) is 2.67. The zero-order chi connectivity index (χ0) is 7.84. The Hall–Kier alpha value is -0.240. The maximum Gasteiger partial charge on any atom is 0.110 e. The van der Waals surface area contributed by atoms with E-state index in [1.807, 2.05) is 24.3 Å². The van der Waals surface area contributed by atoms with Gasteiger partial charge in [0.1, 0.15) is 11.0 Å².